The molecule has 0 unspecified atom stereocenters. The normalized spacial score (nSPS) is 10.8. The summed E-state index contributed by atoms with van der Waals surface area (Å²) in [4.78, 5) is 5.55. The fourth-order valence-electron chi connectivity index (χ4n) is 2.06. The Hall–Kier alpha value is -1.91. The van der Waals surface area contributed by atoms with E-state index in [9.17, 15) is 0 Å². The molecule has 1 aromatic carbocycles. The summed E-state index contributed by atoms with van der Waals surface area (Å²) in [5.74, 6) is 0.701. The number of oxazole rings is 1. The number of hydrogen-bond donors (Lipinski definition) is 1. The van der Waals surface area contributed by atoms with Crippen molar-refractivity contribution >= 4 is 11.3 Å². The summed E-state index contributed by atoms with van der Waals surface area (Å²) in [6, 6.07) is 12.5. The molecule has 2 aromatic heterocycles. The summed E-state index contributed by atoms with van der Waals surface area (Å²) in [5.41, 5.74) is 3.50. The summed E-state index contributed by atoms with van der Waals surface area (Å²) in [6.45, 7) is 3.65. The number of benzene rings is 1. The maximum absolute atomic E-state index is 5.49. The third-order valence-corrected chi connectivity index (χ3v) is 3.86. The van der Waals surface area contributed by atoms with E-state index in [1.807, 2.05) is 17.5 Å². The van der Waals surface area contributed by atoms with Crippen LogP contribution in [0.5, 0.6) is 0 Å². The quantitative estimate of drug-likeness (QED) is 0.769. The fourth-order valence-corrected chi connectivity index (χ4v) is 2.71. The van der Waals surface area contributed by atoms with E-state index in [0.717, 1.165) is 17.1 Å². The predicted molar refractivity (Wildman–Crippen MR) is 81.5 cm³/mol. The van der Waals surface area contributed by atoms with Gasteiger partial charge in [-0.3, -0.25) is 0 Å². The maximum atomic E-state index is 5.49. The third-order valence-electron chi connectivity index (χ3n) is 3.00. The van der Waals surface area contributed by atoms with Crippen molar-refractivity contribution in [2.24, 2.45) is 0 Å². The first-order valence-electron chi connectivity index (χ1n) is 6.56. The zero-order valence-electron chi connectivity index (χ0n) is 11.3. The second-order valence-electron chi connectivity index (χ2n) is 4.71. The average Bonchev–Trinajstić information content (AvgIpc) is 3.09. The molecule has 0 aliphatic heterocycles. The Morgan fingerprint density at radius 1 is 1.20 bits per heavy atom. The van der Waals surface area contributed by atoms with E-state index in [-0.39, 0.29) is 0 Å². The van der Waals surface area contributed by atoms with Crippen molar-refractivity contribution in [3.05, 3.63) is 64.9 Å². The first-order chi connectivity index (χ1) is 9.81. The predicted octanol–water partition coefficient (Wildman–Crippen LogP) is 4.00. The van der Waals surface area contributed by atoms with Gasteiger partial charge in [-0.25, -0.2) is 4.98 Å². The van der Waals surface area contributed by atoms with Gasteiger partial charge in [0.15, 0.2) is 0 Å². The molecule has 0 bridgehead atoms. The third kappa shape index (κ3) is 3.15. The van der Waals surface area contributed by atoms with Crippen LogP contribution in [0.2, 0.25) is 0 Å². The number of rotatable bonds is 5. The summed E-state index contributed by atoms with van der Waals surface area (Å²) in [6.07, 6.45) is 1.72. The highest BCUT2D eigenvalue weighted by atomic mass is 32.1. The lowest BCUT2D eigenvalue weighted by Gasteiger charge is -2.03. The molecular formula is C16H16N2OS. The van der Waals surface area contributed by atoms with Crippen LogP contribution in [0.3, 0.4) is 0 Å². The number of nitrogens with one attached hydrogen (secondary N) is 1. The van der Waals surface area contributed by atoms with E-state index in [2.05, 4.69) is 41.5 Å². The second-order valence-corrected chi connectivity index (χ2v) is 5.66. The Morgan fingerprint density at radius 2 is 2.15 bits per heavy atom. The van der Waals surface area contributed by atoms with Gasteiger partial charge in [0.1, 0.15) is 6.26 Å². The smallest absolute Gasteiger partial charge is 0.236 e. The fraction of sp³-hybridized carbons (Fsp3) is 0.188. The minimum atomic E-state index is 0.701. The number of aryl methyl sites for hydroxylation is 1. The minimum absolute atomic E-state index is 0.701. The van der Waals surface area contributed by atoms with E-state index >= 15 is 0 Å². The standard InChI is InChI=1S/C16H16N2OS/c1-12-4-2-5-13(8-12)9-17-10-14-11-19-16(18-14)15-6-3-7-20-15/h2-8,11,17H,9-10H2,1H3. The van der Waals surface area contributed by atoms with Gasteiger partial charge in [-0.2, -0.15) is 0 Å². The summed E-state index contributed by atoms with van der Waals surface area (Å²) in [7, 11) is 0. The van der Waals surface area contributed by atoms with Gasteiger partial charge in [0.2, 0.25) is 5.89 Å². The zero-order valence-corrected chi connectivity index (χ0v) is 12.1. The lowest BCUT2D eigenvalue weighted by molar-refractivity contribution is 0.571. The topological polar surface area (TPSA) is 38.1 Å². The molecule has 3 aromatic rings. The van der Waals surface area contributed by atoms with E-state index in [1.165, 1.54) is 11.1 Å². The van der Waals surface area contributed by atoms with Crippen molar-refractivity contribution in [1.82, 2.24) is 10.3 Å². The number of nitrogens with zero attached hydrogens (tertiary/aromatic N) is 1. The lowest BCUT2D eigenvalue weighted by Crippen LogP contribution is -2.12. The molecule has 0 spiro atoms. The number of aromatic nitrogens is 1. The van der Waals surface area contributed by atoms with Crippen molar-refractivity contribution < 1.29 is 4.42 Å². The van der Waals surface area contributed by atoms with Gasteiger partial charge in [-0.05, 0) is 23.9 Å². The van der Waals surface area contributed by atoms with Crippen LogP contribution in [0.15, 0.2) is 52.5 Å². The summed E-state index contributed by atoms with van der Waals surface area (Å²) >= 11 is 1.64. The summed E-state index contributed by atoms with van der Waals surface area (Å²) < 4.78 is 5.49. The Balaban J connectivity index is 1.57. The molecule has 102 valence electrons. The van der Waals surface area contributed by atoms with Crippen LogP contribution in [0.4, 0.5) is 0 Å². The van der Waals surface area contributed by atoms with Gasteiger partial charge in [-0.15, -0.1) is 11.3 Å². The van der Waals surface area contributed by atoms with Crippen molar-refractivity contribution in [2.75, 3.05) is 0 Å². The molecule has 0 aliphatic rings. The van der Waals surface area contributed by atoms with Gasteiger partial charge >= 0.3 is 0 Å². The van der Waals surface area contributed by atoms with Gasteiger partial charge in [0.05, 0.1) is 10.6 Å². The Bertz CT molecular complexity index is 673. The zero-order chi connectivity index (χ0) is 13.8. The van der Waals surface area contributed by atoms with Crippen LogP contribution >= 0.6 is 11.3 Å². The largest absolute Gasteiger partial charge is 0.444 e. The summed E-state index contributed by atoms with van der Waals surface area (Å²) in [5, 5.41) is 5.41. The Kier molecular flexibility index (Phi) is 3.95. The molecule has 0 fully saturated rings. The molecule has 0 saturated heterocycles. The van der Waals surface area contributed by atoms with Crippen LogP contribution < -0.4 is 5.32 Å². The first kappa shape index (κ1) is 13.1. The first-order valence-corrected chi connectivity index (χ1v) is 7.44. The molecule has 1 N–H and O–H groups in total. The van der Waals surface area contributed by atoms with Crippen molar-refractivity contribution in [1.29, 1.82) is 0 Å². The molecule has 0 saturated carbocycles. The molecule has 0 amide bonds. The van der Waals surface area contributed by atoms with Crippen LogP contribution in [-0.4, -0.2) is 4.98 Å². The molecule has 4 heteroatoms. The van der Waals surface area contributed by atoms with Crippen LogP contribution in [0, 0.1) is 6.92 Å². The van der Waals surface area contributed by atoms with Gasteiger partial charge < -0.3 is 9.73 Å². The molecular weight excluding hydrogens is 268 g/mol. The lowest BCUT2D eigenvalue weighted by atomic mass is 10.1. The van der Waals surface area contributed by atoms with Gasteiger partial charge in [-0.1, -0.05) is 35.9 Å². The van der Waals surface area contributed by atoms with Gasteiger partial charge in [0, 0.05) is 13.1 Å². The van der Waals surface area contributed by atoms with E-state index < -0.39 is 0 Å². The maximum Gasteiger partial charge on any atom is 0.236 e. The number of thiophene rings is 1. The molecule has 3 rings (SSSR count). The van der Waals surface area contributed by atoms with Crippen molar-refractivity contribution in [3.8, 4) is 10.8 Å². The van der Waals surface area contributed by atoms with Crippen LogP contribution in [-0.2, 0) is 13.1 Å². The van der Waals surface area contributed by atoms with Crippen LogP contribution in [0.25, 0.3) is 10.8 Å². The van der Waals surface area contributed by atoms with Crippen molar-refractivity contribution in [2.45, 2.75) is 20.0 Å². The SMILES string of the molecule is Cc1cccc(CNCc2coc(-c3cccs3)n2)c1. The monoisotopic (exact) mass is 284 g/mol. The molecule has 3 nitrogen and oxygen atoms in total. The average molecular weight is 284 g/mol. The minimum Gasteiger partial charge on any atom is -0.444 e. The van der Waals surface area contributed by atoms with Crippen molar-refractivity contribution in [3.63, 3.8) is 0 Å². The molecule has 20 heavy (non-hydrogen) atoms. The molecule has 2 heterocycles. The highest BCUT2D eigenvalue weighted by Gasteiger charge is 2.06. The van der Waals surface area contributed by atoms with E-state index in [0.29, 0.717) is 12.4 Å². The Labute approximate surface area is 122 Å². The van der Waals surface area contributed by atoms with E-state index in [1.54, 1.807) is 17.6 Å². The Morgan fingerprint density at radius 3 is 2.95 bits per heavy atom. The highest BCUT2D eigenvalue weighted by Crippen LogP contribution is 2.23. The number of hydrogen-bond acceptors (Lipinski definition) is 4. The molecule has 0 radical (unpaired) electrons. The highest BCUT2D eigenvalue weighted by molar-refractivity contribution is 7.13. The molecule has 0 atom stereocenters. The van der Waals surface area contributed by atoms with Gasteiger partial charge in [0.25, 0.3) is 0 Å². The second kappa shape index (κ2) is 6.03. The van der Waals surface area contributed by atoms with Crippen LogP contribution in [0.1, 0.15) is 16.8 Å². The van der Waals surface area contributed by atoms with E-state index in [4.69, 9.17) is 4.42 Å². The molecule has 0 aliphatic carbocycles.